The number of hydrogen-bond acceptors (Lipinski definition) is 4. The average molecular weight is 418 g/mol. The monoisotopic (exact) mass is 417 g/mol. The maximum absolute atomic E-state index is 13.2. The maximum atomic E-state index is 13.2. The second kappa shape index (κ2) is 9.34. The highest BCUT2D eigenvalue weighted by molar-refractivity contribution is 5.96. The number of anilines is 2. The van der Waals surface area contributed by atoms with Gasteiger partial charge in [-0.05, 0) is 25.5 Å². The Morgan fingerprint density at radius 3 is 2.77 bits per heavy atom. The molecule has 1 unspecified atom stereocenters. The van der Waals surface area contributed by atoms with E-state index >= 15 is 0 Å². The molecule has 4 N–H and O–H groups in total. The number of aryl methyl sites for hydroxylation is 1. The Morgan fingerprint density at radius 1 is 1.37 bits per heavy atom. The summed E-state index contributed by atoms with van der Waals surface area (Å²) in [6.07, 6.45) is 5.74. The molecule has 2 aromatic heterocycles. The zero-order valence-corrected chi connectivity index (χ0v) is 18.1. The molecule has 1 fully saturated rings. The number of aromatic nitrogens is 3. The van der Waals surface area contributed by atoms with Crippen LogP contribution in [0, 0.1) is 0 Å². The highest BCUT2D eigenvalue weighted by Gasteiger charge is 2.35. The van der Waals surface area contributed by atoms with Gasteiger partial charge in [0.05, 0.1) is 12.2 Å². The van der Waals surface area contributed by atoms with E-state index < -0.39 is 11.2 Å². The van der Waals surface area contributed by atoms with Crippen LogP contribution < -0.4 is 26.8 Å². The molecule has 9 nitrogen and oxygen atoms in total. The lowest BCUT2D eigenvalue weighted by atomic mass is 10.1. The number of nitrogens with one attached hydrogen (secondary N) is 2. The summed E-state index contributed by atoms with van der Waals surface area (Å²) in [5.41, 5.74) is 6.35. The van der Waals surface area contributed by atoms with Gasteiger partial charge in [-0.1, -0.05) is 13.3 Å². The zero-order valence-electron chi connectivity index (χ0n) is 18.1. The molecule has 2 atom stereocenters. The highest BCUT2D eigenvalue weighted by Crippen LogP contribution is 2.20. The van der Waals surface area contributed by atoms with Crippen molar-refractivity contribution >= 4 is 17.4 Å². The Bertz CT molecular complexity index is 1000. The van der Waals surface area contributed by atoms with Gasteiger partial charge in [0.2, 0.25) is 0 Å². The summed E-state index contributed by atoms with van der Waals surface area (Å²) in [7, 11) is 2.02. The lowest BCUT2D eigenvalue weighted by Gasteiger charge is -2.26. The number of hydrogen-bond donors (Lipinski definition) is 3. The summed E-state index contributed by atoms with van der Waals surface area (Å²) in [4.78, 5) is 43.0. The SMILES string of the molecule is CCCCn1c(N)c(N(CC)C(=O)C[NH+]2CCC[C@@H]2c2cccn2C)c(=O)[nH]c1=O. The Labute approximate surface area is 176 Å². The van der Waals surface area contributed by atoms with E-state index in [2.05, 4.69) is 15.6 Å². The van der Waals surface area contributed by atoms with Crippen molar-refractivity contribution in [1.29, 1.82) is 0 Å². The van der Waals surface area contributed by atoms with Gasteiger partial charge in [0, 0.05) is 39.2 Å². The second-order valence-corrected chi connectivity index (χ2v) is 7.96. The van der Waals surface area contributed by atoms with Gasteiger partial charge in [-0.15, -0.1) is 0 Å². The molecule has 30 heavy (non-hydrogen) atoms. The third kappa shape index (κ3) is 4.21. The molecule has 3 heterocycles. The van der Waals surface area contributed by atoms with Gasteiger partial charge in [0.1, 0.15) is 11.9 Å². The minimum Gasteiger partial charge on any atom is -0.383 e. The van der Waals surface area contributed by atoms with Crippen LogP contribution in [0.2, 0.25) is 0 Å². The van der Waals surface area contributed by atoms with Gasteiger partial charge in [0.25, 0.3) is 11.5 Å². The van der Waals surface area contributed by atoms with Crippen molar-refractivity contribution in [2.75, 3.05) is 30.3 Å². The fourth-order valence-corrected chi connectivity index (χ4v) is 4.44. The van der Waals surface area contributed by atoms with E-state index in [1.54, 1.807) is 0 Å². The first-order valence-corrected chi connectivity index (χ1v) is 10.8. The fraction of sp³-hybridized carbons (Fsp3) is 0.571. The van der Waals surface area contributed by atoms with Crippen molar-refractivity contribution in [3.8, 4) is 0 Å². The number of likely N-dealkylation sites (tertiary alicyclic amines) is 1. The van der Waals surface area contributed by atoms with Crippen LogP contribution in [0.25, 0.3) is 0 Å². The maximum Gasteiger partial charge on any atom is 0.330 e. The number of carbonyl (C=O) groups is 1. The molecule has 0 aromatic carbocycles. The smallest absolute Gasteiger partial charge is 0.330 e. The van der Waals surface area contributed by atoms with Gasteiger partial charge >= 0.3 is 5.69 Å². The first-order chi connectivity index (χ1) is 14.4. The second-order valence-electron chi connectivity index (χ2n) is 7.96. The first kappa shape index (κ1) is 21.9. The predicted molar refractivity (Wildman–Crippen MR) is 117 cm³/mol. The molecule has 1 amide bonds. The van der Waals surface area contributed by atoms with Gasteiger partial charge in [-0.25, -0.2) is 4.79 Å². The van der Waals surface area contributed by atoms with Crippen LogP contribution >= 0.6 is 0 Å². The van der Waals surface area contributed by atoms with Gasteiger partial charge < -0.3 is 15.2 Å². The van der Waals surface area contributed by atoms with Crippen LogP contribution in [0.1, 0.15) is 51.3 Å². The van der Waals surface area contributed by atoms with E-state index in [1.165, 1.54) is 20.1 Å². The summed E-state index contributed by atoms with van der Waals surface area (Å²) in [6, 6.07) is 4.37. The van der Waals surface area contributed by atoms with E-state index in [1.807, 2.05) is 33.2 Å². The molecule has 0 spiro atoms. The molecule has 1 aliphatic rings. The summed E-state index contributed by atoms with van der Waals surface area (Å²) >= 11 is 0. The van der Waals surface area contributed by atoms with Gasteiger partial charge in [-0.2, -0.15) is 0 Å². The first-order valence-electron chi connectivity index (χ1n) is 10.8. The summed E-state index contributed by atoms with van der Waals surface area (Å²) in [5, 5.41) is 0. The van der Waals surface area contributed by atoms with Crippen molar-refractivity contribution in [3.63, 3.8) is 0 Å². The zero-order chi connectivity index (χ0) is 21.8. The Hall–Kier alpha value is -2.81. The van der Waals surface area contributed by atoms with Crippen molar-refractivity contribution in [2.45, 2.75) is 52.1 Å². The molecular weight excluding hydrogens is 384 g/mol. The molecule has 2 aromatic rings. The molecule has 9 heteroatoms. The fourth-order valence-electron chi connectivity index (χ4n) is 4.44. The van der Waals surface area contributed by atoms with Gasteiger partial charge in [-0.3, -0.25) is 24.0 Å². The molecule has 1 saturated heterocycles. The number of unbranched alkanes of at least 4 members (excludes halogenated alkanes) is 1. The molecule has 0 radical (unpaired) electrons. The van der Waals surface area contributed by atoms with Crippen molar-refractivity contribution in [2.24, 2.45) is 7.05 Å². The van der Waals surface area contributed by atoms with Crippen LogP contribution in [0.5, 0.6) is 0 Å². The molecule has 0 bridgehead atoms. The van der Waals surface area contributed by atoms with Gasteiger partial charge in [0.15, 0.2) is 12.2 Å². The van der Waals surface area contributed by atoms with Crippen molar-refractivity contribution < 1.29 is 9.69 Å². The number of H-pyrrole nitrogens is 1. The van der Waals surface area contributed by atoms with E-state index in [0.717, 1.165) is 32.2 Å². The van der Waals surface area contributed by atoms with E-state index in [-0.39, 0.29) is 30.0 Å². The van der Waals surface area contributed by atoms with Crippen molar-refractivity contribution in [3.05, 3.63) is 44.9 Å². The number of likely N-dealkylation sites (N-methyl/N-ethyl adjacent to an activating group) is 1. The minimum atomic E-state index is -0.615. The van der Waals surface area contributed by atoms with Crippen LogP contribution in [0.4, 0.5) is 11.5 Å². The molecule has 1 aliphatic heterocycles. The van der Waals surface area contributed by atoms with Crippen LogP contribution in [0.3, 0.4) is 0 Å². The van der Waals surface area contributed by atoms with Crippen molar-refractivity contribution in [1.82, 2.24) is 14.1 Å². The van der Waals surface area contributed by atoms with E-state index in [0.29, 0.717) is 13.1 Å². The molecule has 164 valence electrons. The summed E-state index contributed by atoms with van der Waals surface area (Å²) < 4.78 is 3.45. The number of rotatable bonds is 8. The van der Waals surface area contributed by atoms with Crippen LogP contribution in [-0.4, -0.2) is 39.7 Å². The normalized spacial score (nSPS) is 18.6. The Kier molecular flexibility index (Phi) is 6.81. The van der Waals surface area contributed by atoms with Crippen LogP contribution in [-0.2, 0) is 18.4 Å². The predicted octanol–water partition coefficient (Wildman–Crippen LogP) is 0.0303. The largest absolute Gasteiger partial charge is 0.383 e. The summed E-state index contributed by atoms with van der Waals surface area (Å²) in [6.45, 7) is 5.71. The van der Waals surface area contributed by atoms with Crippen LogP contribution in [0.15, 0.2) is 27.9 Å². The molecule has 3 rings (SSSR count). The van der Waals surface area contributed by atoms with E-state index in [9.17, 15) is 14.4 Å². The number of nitrogens with zero attached hydrogens (tertiary/aromatic N) is 3. The number of quaternary nitrogens is 1. The molecule has 0 saturated carbocycles. The summed E-state index contributed by atoms with van der Waals surface area (Å²) in [5.74, 6) is -0.102. The standard InChI is InChI=1S/C21H32N6O3/c1-4-6-13-27-19(22)18(20(29)23-21(27)30)26(5-2)17(28)14-25-12-8-10-16(25)15-9-7-11-24(15)3/h7,9,11,16H,4-6,8,10,12-14,22H2,1-3H3,(H,23,29,30)/p+1/t16-/m1/s1. The number of aromatic amines is 1. The Balaban J connectivity index is 1.87. The minimum absolute atomic E-state index is 0.0582. The lowest BCUT2D eigenvalue weighted by Crippen LogP contribution is -3.11. The average Bonchev–Trinajstić information content (AvgIpc) is 3.32. The number of carbonyl (C=O) groups excluding carboxylic acids is 1. The molecule has 0 aliphatic carbocycles. The number of amides is 1. The quantitative estimate of drug-likeness (QED) is 0.563. The lowest BCUT2D eigenvalue weighted by molar-refractivity contribution is -0.910. The highest BCUT2D eigenvalue weighted by atomic mass is 16.2. The number of nitrogen functional groups attached to an aromatic ring is 1. The third-order valence-electron chi connectivity index (χ3n) is 6.04. The number of nitrogens with two attached hydrogens (primary N) is 1. The topological polar surface area (TPSA) is 111 Å². The van der Waals surface area contributed by atoms with E-state index in [4.69, 9.17) is 5.73 Å². The third-order valence-corrected chi connectivity index (χ3v) is 6.04. The Morgan fingerprint density at radius 2 is 2.13 bits per heavy atom. The molecular formula is C21H33N6O3+.